The van der Waals surface area contributed by atoms with Crippen LogP contribution in [0.4, 0.5) is 10.5 Å². The molecule has 3 amide bonds. The maximum Gasteiger partial charge on any atom is 0.407 e. The lowest BCUT2D eigenvalue weighted by Crippen LogP contribution is -2.50. The van der Waals surface area contributed by atoms with Crippen molar-refractivity contribution in [3.05, 3.63) is 18.2 Å². The summed E-state index contributed by atoms with van der Waals surface area (Å²) < 4.78 is 15.7. The lowest BCUT2D eigenvalue weighted by Gasteiger charge is -2.35. The molecule has 190 valence electrons. The summed E-state index contributed by atoms with van der Waals surface area (Å²) in [5.74, 6) is 0.653. The highest BCUT2D eigenvalue weighted by Crippen LogP contribution is 2.29. The Bertz CT molecular complexity index is 854. The number of piperidine rings is 1. The molecule has 1 aromatic rings. The average molecular weight is 479 g/mol. The highest BCUT2D eigenvalue weighted by Gasteiger charge is 2.31. The topological polar surface area (TPSA) is 118 Å². The number of hydrogen-bond acceptors (Lipinski definition) is 7. The highest BCUT2D eigenvalue weighted by atomic mass is 16.6. The standard InChI is InChI=1S/C24H38N4O6/c1-16(21(29)27-19-14-18(32-5)9-10-20(19)33-6)28-13-7-8-17(15-28)22(30)25-11-12-26-23(31)34-24(2,3)4/h9-10,14,16-17H,7-8,11-13,15H2,1-6H3,(H,25,30)(H,26,31)(H,27,29). The van der Waals surface area contributed by atoms with Crippen molar-refractivity contribution in [3.8, 4) is 11.5 Å². The fraction of sp³-hybridized carbons (Fsp3) is 0.625. The minimum atomic E-state index is -0.570. The second-order valence-electron chi connectivity index (χ2n) is 9.29. The van der Waals surface area contributed by atoms with Crippen molar-refractivity contribution >= 4 is 23.6 Å². The number of rotatable bonds is 9. The average Bonchev–Trinajstić information content (AvgIpc) is 2.80. The van der Waals surface area contributed by atoms with Crippen molar-refractivity contribution in [2.45, 2.75) is 52.2 Å². The number of carbonyl (C=O) groups is 3. The fourth-order valence-corrected chi connectivity index (χ4v) is 3.70. The molecule has 1 heterocycles. The van der Waals surface area contributed by atoms with Crippen LogP contribution in [0.1, 0.15) is 40.5 Å². The van der Waals surface area contributed by atoms with Crippen molar-refractivity contribution in [3.63, 3.8) is 0 Å². The van der Waals surface area contributed by atoms with Gasteiger partial charge in [-0.25, -0.2) is 4.79 Å². The van der Waals surface area contributed by atoms with Crippen molar-refractivity contribution < 1.29 is 28.6 Å². The lowest BCUT2D eigenvalue weighted by molar-refractivity contribution is -0.129. The molecule has 0 spiro atoms. The van der Waals surface area contributed by atoms with Crippen LogP contribution in [0.2, 0.25) is 0 Å². The highest BCUT2D eigenvalue weighted by molar-refractivity contribution is 5.96. The predicted octanol–water partition coefficient (Wildman–Crippen LogP) is 2.38. The molecular weight excluding hydrogens is 440 g/mol. The third-order valence-electron chi connectivity index (χ3n) is 5.51. The third kappa shape index (κ3) is 8.40. The van der Waals surface area contributed by atoms with Crippen LogP contribution in [0, 0.1) is 5.92 Å². The first-order valence-corrected chi connectivity index (χ1v) is 11.6. The van der Waals surface area contributed by atoms with Gasteiger partial charge < -0.3 is 30.2 Å². The molecule has 1 aliphatic rings. The monoisotopic (exact) mass is 478 g/mol. The molecule has 0 aromatic heterocycles. The molecule has 1 saturated heterocycles. The van der Waals surface area contributed by atoms with Crippen LogP contribution in [0.5, 0.6) is 11.5 Å². The summed E-state index contributed by atoms with van der Waals surface area (Å²) in [6, 6.07) is 4.77. The Morgan fingerprint density at radius 3 is 2.47 bits per heavy atom. The van der Waals surface area contributed by atoms with Gasteiger partial charge in [-0.1, -0.05) is 0 Å². The first-order valence-electron chi connectivity index (χ1n) is 11.6. The largest absolute Gasteiger partial charge is 0.497 e. The Kier molecular flexibility index (Phi) is 9.97. The molecule has 0 saturated carbocycles. The summed E-state index contributed by atoms with van der Waals surface area (Å²) in [5, 5.41) is 8.39. The van der Waals surface area contributed by atoms with Gasteiger partial charge in [0.2, 0.25) is 11.8 Å². The molecule has 3 N–H and O–H groups in total. The molecule has 34 heavy (non-hydrogen) atoms. The number of alkyl carbamates (subject to hydrolysis) is 1. The Labute approximate surface area is 201 Å². The zero-order chi connectivity index (χ0) is 25.3. The summed E-state index contributed by atoms with van der Waals surface area (Å²) in [6.07, 6.45) is 1.05. The van der Waals surface area contributed by atoms with Gasteiger partial charge in [0.25, 0.3) is 0 Å². The minimum absolute atomic E-state index is 0.0854. The van der Waals surface area contributed by atoms with E-state index in [1.807, 2.05) is 11.8 Å². The number of likely N-dealkylation sites (tertiary alicyclic amines) is 1. The van der Waals surface area contributed by atoms with E-state index in [1.54, 1.807) is 46.1 Å². The zero-order valence-electron chi connectivity index (χ0n) is 21.0. The van der Waals surface area contributed by atoms with Gasteiger partial charge in [0, 0.05) is 25.7 Å². The molecule has 2 rings (SSSR count). The number of nitrogens with zero attached hydrogens (tertiary/aromatic N) is 1. The van der Waals surface area contributed by atoms with Gasteiger partial charge in [-0.2, -0.15) is 0 Å². The van der Waals surface area contributed by atoms with E-state index in [2.05, 4.69) is 16.0 Å². The van der Waals surface area contributed by atoms with E-state index >= 15 is 0 Å². The Morgan fingerprint density at radius 2 is 1.82 bits per heavy atom. The van der Waals surface area contributed by atoms with Crippen LogP contribution >= 0.6 is 0 Å². The van der Waals surface area contributed by atoms with Gasteiger partial charge in [-0.3, -0.25) is 14.5 Å². The van der Waals surface area contributed by atoms with E-state index < -0.39 is 17.7 Å². The summed E-state index contributed by atoms with van der Waals surface area (Å²) in [7, 11) is 3.10. The predicted molar refractivity (Wildman–Crippen MR) is 129 cm³/mol. The molecule has 0 bridgehead atoms. The Morgan fingerprint density at radius 1 is 1.12 bits per heavy atom. The first-order chi connectivity index (χ1) is 16.0. The lowest BCUT2D eigenvalue weighted by atomic mass is 9.96. The van der Waals surface area contributed by atoms with E-state index in [0.29, 0.717) is 30.3 Å². The van der Waals surface area contributed by atoms with Crippen molar-refractivity contribution in [2.24, 2.45) is 5.92 Å². The first kappa shape index (κ1) is 27.2. The van der Waals surface area contributed by atoms with Crippen LogP contribution in [0.15, 0.2) is 18.2 Å². The van der Waals surface area contributed by atoms with Crippen LogP contribution < -0.4 is 25.4 Å². The van der Waals surface area contributed by atoms with Crippen molar-refractivity contribution in [1.82, 2.24) is 15.5 Å². The fourth-order valence-electron chi connectivity index (χ4n) is 3.70. The molecule has 1 fully saturated rings. The van der Waals surface area contributed by atoms with Gasteiger partial charge in [-0.05, 0) is 59.2 Å². The van der Waals surface area contributed by atoms with Crippen LogP contribution in [0.25, 0.3) is 0 Å². The molecule has 2 atom stereocenters. The van der Waals surface area contributed by atoms with Crippen LogP contribution in [-0.2, 0) is 14.3 Å². The van der Waals surface area contributed by atoms with Gasteiger partial charge >= 0.3 is 6.09 Å². The Hall–Kier alpha value is -3.01. The number of benzene rings is 1. The number of ether oxygens (including phenoxy) is 3. The second kappa shape index (κ2) is 12.5. The summed E-state index contributed by atoms with van der Waals surface area (Å²) >= 11 is 0. The van der Waals surface area contributed by atoms with E-state index in [1.165, 1.54) is 7.11 Å². The second-order valence-corrected chi connectivity index (χ2v) is 9.29. The number of nitrogens with one attached hydrogen (secondary N) is 3. The third-order valence-corrected chi connectivity index (χ3v) is 5.51. The molecule has 0 radical (unpaired) electrons. The molecule has 0 aliphatic carbocycles. The molecular formula is C24H38N4O6. The number of amides is 3. The van der Waals surface area contributed by atoms with Gasteiger partial charge in [-0.15, -0.1) is 0 Å². The van der Waals surface area contributed by atoms with Gasteiger partial charge in [0.1, 0.15) is 17.1 Å². The summed E-state index contributed by atoms with van der Waals surface area (Å²) in [5.41, 5.74) is -0.0398. The van der Waals surface area contributed by atoms with Gasteiger partial charge in [0.15, 0.2) is 0 Å². The van der Waals surface area contributed by atoms with Crippen LogP contribution in [-0.4, -0.2) is 74.8 Å². The molecule has 10 heteroatoms. The quantitative estimate of drug-likeness (QED) is 0.466. The van der Waals surface area contributed by atoms with Crippen LogP contribution in [0.3, 0.4) is 0 Å². The number of anilines is 1. The normalized spacial score (nSPS) is 17.3. The summed E-state index contributed by atoms with van der Waals surface area (Å²) in [6.45, 7) is 8.99. The maximum atomic E-state index is 12.9. The molecule has 2 unspecified atom stereocenters. The van der Waals surface area contributed by atoms with Crippen molar-refractivity contribution in [2.75, 3.05) is 45.7 Å². The van der Waals surface area contributed by atoms with Crippen molar-refractivity contribution in [1.29, 1.82) is 0 Å². The molecule has 1 aromatic carbocycles. The van der Waals surface area contributed by atoms with E-state index in [-0.39, 0.29) is 24.3 Å². The zero-order valence-corrected chi connectivity index (χ0v) is 21.0. The summed E-state index contributed by atoms with van der Waals surface area (Å²) in [4.78, 5) is 39.3. The molecule has 10 nitrogen and oxygen atoms in total. The maximum absolute atomic E-state index is 12.9. The minimum Gasteiger partial charge on any atom is -0.497 e. The van der Waals surface area contributed by atoms with E-state index in [4.69, 9.17) is 14.2 Å². The SMILES string of the molecule is COc1ccc(OC)c(NC(=O)C(C)N2CCCC(C(=O)NCCNC(=O)OC(C)(C)C)C2)c1. The number of hydrogen-bond donors (Lipinski definition) is 3. The molecule has 1 aliphatic heterocycles. The number of carbonyl (C=O) groups excluding carboxylic acids is 3. The number of methoxy groups -OCH3 is 2. The van der Waals surface area contributed by atoms with E-state index in [9.17, 15) is 14.4 Å². The smallest absolute Gasteiger partial charge is 0.407 e. The van der Waals surface area contributed by atoms with E-state index in [0.717, 1.165) is 19.4 Å². The van der Waals surface area contributed by atoms with Gasteiger partial charge in [0.05, 0.1) is 31.9 Å². The Balaban J connectivity index is 1.84.